The first-order valence-electron chi connectivity index (χ1n) is 8.64. The number of esters is 1. The molecule has 2 aromatic rings. The van der Waals surface area contributed by atoms with Gasteiger partial charge in [-0.25, -0.2) is 14.8 Å². The van der Waals surface area contributed by atoms with Gasteiger partial charge in [0.25, 0.3) is 0 Å². The van der Waals surface area contributed by atoms with Crippen molar-refractivity contribution in [3.05, 3.63) is 24.2 Å². The van der Waals surface area contributed by atoms with E-state index in [0.717, 1.165) is 29.8 Å². The van der Waals surface area contributed by atoms with Gasteiger partial charge in [0.1, 0.15) is 17.9 Å². The molecule has 0 radical (unpaired) electrons. The van der Waals surface area contributed by atoms with E-state index in [1.54, 1.807) is 18.0 Å². The van der Waals surface area contributed by atoms with Crippen molar-refractivity contribution in [1.29, 1.82) is 0 Å². The number of ether oxygens (including phenoxy) is 1. The third-order valence-electron chi connectivity index (χ3n) is 4.34. The summed E-state index contributed by atoms with van der Waals surface area (Å²) in [5.74, 6) is 0.553. The fourth-order valence-corrected chi connectivity index (χ4v) is 3.22. The van der Waals surface area contributed by atoms with Crippen LogP contribution in [0.2, 0.25) is 0 Å². The van der Waals surface area contributed by atoms with E-state index in [1.165, 1.54) is 0 Å². The van der Waals surface area contributed by atoms with Crippen LogP contribution in [0.4, 0.5) is 4.79 Å². The van der Waals surface area contributed by atoms with E-state index < -0.39 is 5.97 Å². The summed E-state index contributed by atoms with van der Waals surface area (Å²) >= 11 is 0. The molecule has 1 aliphatic heterocycles. The van der Waals surface area contributed by atoms with E-state index in [9.17, 15) is 9.59 Å². The summed E-state index contributed by atoms with van der Waals surface area (Å²) in [6.45, 7) is 5.21. The van der Waals surface area contributed by atoms with Gasteiger partial charge in [0, 0.05) is 25.7 Å². The molecule has 1 aliphatic rings. The zero-order valence-electron chi connectivity index (χ0n) is 14.6. The molecule has 3 rings (SSSR count). The van der Waals surface area contributed by atoms with Gasteiger partial charge in [-0.1, -0.05) is 6.92 Å². The molecule has 1 saturated heterocycles. The van der Waals surface area contributed by atoms with E-state index in [4.69, 9.17) is 4.74 Å². The number of imidazole rings is 1. The van der Waals surface area contributed by atoms with Gasteiger partial charge < -0.3 is 19.5 Å². The summed E-state index contributed by atoms with van der Waals surface area (Å²) < 4.78 is 6.97. The van der Waals surface area contributed by atoms with Gasteiger partial charge in [-0.2, -0.15) is 0 Å². The van der Waals surface area contributed by atoms with Crippen molar-refractivity contribution in [1.82, 2.24) is 24.8 Å². The van der Waals surface area contributed by atoms with Crippen LogP contribution in [-0.4, -0.2) is 57.7 Å². The monoisotopic (exact) mass is 345 g/mol. The highest BCUT2D eigenvalue weighted by molar-refractivity contribution is 5.81. The molecule has 8 nitrogen and oxygen atoms in total. The molecular weight excluding hydrogens is 322 g/mol. The van der Waals surface area contributed by atoms with Crippen LogP contribution >= 0.6 is 0 Å². The van der Waals surface area contributed by atoms with E-state index in [2.05, 4.69) is 26.8 Å². The Balaban J connectivity index is 1.69. The molecular formula is C17H23N5O3. The van der Waals surface area contributed by atoms with E-state index in [0.29, 0.717) is 19.7 Å². The van der Waals surface area contributed by atoms with Crippen LogP contribution in [0, 0.1) is 0 Å². The second kappa shape index (κ2) is 7.50. The molecule has 0 aromatic carbocycles. The quantitative estimate of drug-likeness (QED) is 0.830. The van der Waals surface area contributed by atoms with Gasteiger partial charge in [0.2, 0.25) is 0 Å². The molecule has 2 amide bonds. The van der Waals surface area contributed by atoms with Crippen LogP contribution in [-0.2, 0) is 16.0 Å². The normalized spacial score (nSPS) is 17.0. The first-order chi connectivity index (χ1) is 12.1. The Morgan fingerprint density at radius 3 is 3.00 bits per heavy atom. The zero-order chi connectivity index (χ0) is 17.8. The lowest BCUT2D eigenvalue weighted by Gasteiger charge is -2.18. The zero-order valence-corrected chi connectivity index (χ0v) is 14.6. The van der Waals surface area contributed by atoms with Gasteiger partial charge >= 0.3 is 12.0 Å². The highest BCUT2D eigenvalue weighted by Crippen LogP contribution is 2.27. The number of amides is 2. The summed E-state index contributed by atoms with van der Waals surface area (Å²) in [5.41, 5.74) is 1.74. The van der Waals surface area contributed by atoms with Crippen LogP contribution in [0.15, 0.2) is 18.3 Å². The number of rotatable bonds is 5. The fourth-order valence-electron chi connectivity index (χ4n) is 3.22. The Morgan fingerprint density at radius 2 is 2.24 bits per heavy atom. The van der Waals surface area contributed by atoms with Crippen molar-refractivity contribution in [3.8, 4) is 0 Å². The number of fused-ring (bicyclic) bond motifs is 1. The van der Waals surface area contributed by atoms with Crippen molar-refractivity contribution in [2.75, 3.05) is 26.2 Å². The lowest BCUT2D eigenvalue weighted by atomic mass is 10.2. The molecule has 0 aliphatic carbocycles. The number of likely N-dealkylation sites (tertiary alicyclic amines) is 1. The van der Waals surface area contributed by atoms with Crippen molar-refractivity contribution in [2.45, 2.75) is 32.7 Å². The predicted octanol–water partition coefficient (Wildman–Crippen LogP) is 1.51. The lowest BCUT2D eigenvalue weighted by Crippen LogP contribution is -2.41. The van der Waals surface area contributed by atoms with Crippen LogP contribution in [0.3, 0.4) is 0 Å². The fraction of sp³-hybridized carbons (Fsp3) is 0.529. The Bertz CT molecular complexity index is 773. The molecule has 0 spiro atoms. The van der Waals surface area contributed by atoms with Crippen LogP contribution in [0.1, 0.15) is 32.1 Å². The second-order valence-corrected chi connectivity index (χ2v) is 5.95. The summed E-state index contributed by atoms with van der Waals surface area (Å²) in [6, 6.07) is 3.73. The van der Waals surface area contributed by atoms with Crippen LogP contribution < -0.4 is 5.32 Å². The second-order valence-electron chi connectivity index (χ2n) is 5.95. The number of nitrogens with one attached hydrogen (secondary N) is 1. The topological polar surface area (TPSA) is 89.4 Å². The number of carbonyl (C=O) groups is 2. The van der Waals surface area contributed by atoms with Crippen molar-refractivity contribution in [3.63, 3.8) is 0 Å². The average molecular weight is 345 g/mol. The maximum Gasteiger partial charge on any atom is 0.325 e. The lowest BCUT2D eigenvalue weighted by molar-refractivity contribution is -0.141. The van der Waals surface area contributed by atoms with Crippen molar-refractivity contribution < 1.29 is 14.3 Å². The maximum absolute atomic E-state index is 12.3. The van der Waals surface area contributed by atoms with E-state index >= 15 is 0 Å². The smallest absolute Gasteiger partial charge is 0.325 e. The minimum atomic E-state index is -0.426. The number of nitrogens with zero attached hydrogens (tertiary/aromatic N) is 4. The molecule has 3 heterocycles. The molecule has 134 valence electrons. The molecule has 2 aromatic heterocycles. The minimum absolute atomic E-state index is 0.108. The third kappa shape index (κ3) is 3.57. The largest absolute Gasteiger partial charge is 0.465 e. The highest BCUT2D eigenvalue weighted by atomic mass is 16.5. The van der Waals surface area contributed by atoms with Gasteiger partial charge in [0.05, 0.1) is 12.6 Å². The Hall–Kier alpha value is -2.64. The summed E-state index contributed by atoms with van der Waals surface area (Å²) in [6.07, 6.45) is 3.41. The molecule has 8 heteroatoms. The highest BCUT2D eigenvalue weighted by Gasteiger charge is 2.30. The Kier molecular flexibility index (Phi) is 5.16. The average Bonchev–Trinajstić information content (AvgIpc) is 3.23. The standard InChI is InChI=1S/C17H23N5O3/c1-3-14-20-13-6-5-8-18-16(13)22(14)12-7-9-21(11-12)17(24)19-10-15(23)25-4-2/h5-6,8,12H,3-4,7,9-11H2,1-2H3,(H,19,24)/t12-/m1/s1. The molecule has 25 heavy (non-hydrogen) atoms. The van der Waals surface area contributed by atoms with Gasteiger partial charge in [-0.15, -0.1) is 0 Å². The maximum atomic E-state index is 12.3. The molecule has 1 N–H and O–H groups in total. The van der Waals surface area contributed by atoms with E-state index in [1.807, 2.05) is 12.1 Å². The SMILES string of the molecule is CCOC(=O)CNC(=O)N1CC[C@@H](n2c(CC)nc3cccnc32)C1. The van der Waals surface area contributed by atoms with Crippen molar-refractivity contribution in [2.24, 2.45) is 0 Å². The molecule has 1 atom stereocenters. The molecule has 1 fully saturated rings. The van der Waals surface area contributed by atoms with Crippen LogP contribution in [0.25, 0.3) is 11.2 Å². The third-order valence-corrected chi connectivity index (χ3v) is 4.34. The summed E-state index contributed by atoms with van der Waals surface area (Å²) in [5, 5.41) is 2.61. The summed E-state index contributed by atoms with van der Waals surface area (Å²) in [7, 11) is 0. The Labute approximate surface area is 146 Å². The number of hydrogen-bond donors (Lipinski definition) is 1. The number of aryl methyl sites for hydroxylation is 1. The molecule has 0 unspecified atom stereocenters. The first kappa shape index (κ1) is 17.2. The van der Waals surface area contributed by atoms with E-state index in [-0.39, 0.29) is 18.6 Å². The minimum Gasteiger partial charge on any atom is -0.465 e. The van der Waals surface area contributed by atoms with Gasteiger partial charge in [-0.3, -0.25) is 4.79 Å². The number of hydrogen-bond acceptors (Lipinski definition) is 5. The van der Waals surface area contributed by atoms with Gasteiger partial charge in [-0.05, 0) is 25.5 Å². The molecule has 0 bridgehead atoms. The van der Waals surface area contributed by atoms with Crippen molar-refractivity contribution >= 4 is 23.2 Å². The first-order valence-corrected chi connectivity index (χ1v) is 8.64. The summed E-state index contributed by atoms with van der Waals surface area (Å²) in [4.78, 5) is 34.5. The van der Waals surface area contributed by atoms with Gasteiger partial charge in [0.15, 0.2) is 5.65 Å². The number of pyridine rings is 1. The number of aromatic nitrogens is 3. The number of carbonyl (C=O) groups excluding carboxylic acids is 2. The Morgan fingerprint density at radius 1 is 1.40 bits per heavy atom. The van der Waals surface area contributed by atoms with Crippen LogP contribution in [0.5, 0.6) is 0 Å². The predicted molar refractivity (Wildman–Crippen MR) is 92.2 cm³/mol. The molecule has 0 saturated carbocycles. The number of urea groups is 1.